The Balaban J connectivity index is 2.26. The largest absolute Gasteiger partial charge is 0.361 e. The summed E-state index contributed by atoms with van der Waals surface area (Å²) in [5.41, 5.74) is 1.64. The summed E-state index contributed by atoms with van der Waals surface area (Å²) in [5, 5.41) is 4.45. The molecule has 0 radical (unpaired) electrons. The second-order valence-corrected chi connectivity index (χ2v) is 4.44. The highest BCUT2D eigenvalue weighted by molar-refractivity contribution is 9.10. The van der Waals surface area contributed by atoms with E-state index in [1.54, 1.807) is 6.20 Å². The van der Waals surface area contributed by atoms with Gasteiger partial charge in [-0.05, 0) is 40.6 Å². The lowest BCUT2D eigenvalue weighted by Crippen LogP contribution is -1.80. The molecule has 0 saturated heterocycles. The van der Waals surface area contributed by atoms with Crippen molar-refractivity contribution in [2.45, 2.75) is 6.92 Å². The topological polar surface area (TPSA) is 38.9 Å². The molecule has 2 heterocycles. The lowest BCUT2D eigenvalue weighted by atomic mass is 10.2. The molecule has 0 atom stereocenters. The minimum absolute atomic E-state index is 0.597. The fourth-order valence-electron chi connectivity index (χ4n) is 1.19. The number of aromatic nitrogens is 2. The Morgan fingerprint density at radius 2 is 2.19 bits per heavy atom. The summed E-state index contributed by atoms with van der Waals surface area (Å²) in [6.07, 6.45) is 5.30. The number of hydrogen-bond acceptors (Lipinski definition) is 3. The standard InChI is InChI=1S/C11H8BrClN2O/c1-7-4-9(15-16-7)3-2-8-5-11(12)14-6-10(8)13/h2-6H,1H3. The maximum absolute atomic E-state index is 5.99. The highest BCUT2D eigenvalue weighted by Gasteiger charge is 1.99. The predicted octanol–water partition coefficient (Wildman–Crippen LogP) is 3.96. The lowest BCUT2D eigenvalue weighted by molar-refractivity contribution is 0.396. The summed E-state index contributed by atoms with van der Waals surface area (Å²) in [6, 6.07) is 3.69. The fraction of sp³-hybridized carbons (Fsp3) is 0.0909. The van der Waals surface area contributed by atoms with E-state index in [4.69, 9.17) is 16.1 Å². The SMILES string of the molecule is Cc1cc(C=Cc2cc(Br)ncc2Cl)no1. The van der Waals surface area contributed by atoms with Gasteiger partial charge in [-0.25, -0.2) is 4.98 Å². The molecule has 82 valence electrons. The molecule has 0 bridgehead atoms. The molecule has 0 amide bonds. The van der Waals surface area contributed by atoms with E-state index >= 15 is 0 Å². The Kier molecular flexibility index (Phi) is 3.41. The van der Waals surface area contributed by atoms with Crippen LogP contribution in [0.1, 0.15) is 17.0 Å². The van der Waals surface area contributed by atoms with Crippen molar-refractivity contribution in [2.24, 2.45) is 0 Å². The smallest absolute Gasteiger partial charge is 0.134 e. The average molecular weight is 300 g/mol. The van der Waals surface area contributed by atoms with Gasteiger partial charge in [-0.2, -0.15) is 0 Å². The van der Waals surface area contributed by atoms with Crippen molar-refractivity contribution in [1.29, 1.82) is 0 Å². The molecule has 3 nitrogen and oxygen atoms in total. The molecule has 2 aromatic rings. The first-order valence-corrected chi connectivity index (χ1v) is 5.75. The van der Waals surface area contributed by atoms with Crippen LogP contribution in [0.2, 0.25) is 5.02 Å². The number of halogens is 2. The minimum atomic E-state index is 0.597. The Hall–Kier alpha value is -1.13. The van der Waals surface area contributed by atoms with E-state index in [1.807, 2.05) is 31.2 Å². The summed E-state index contributed by atoms with van der Waals surface area (Å²) in [7, 11) is 0. The summed E-state index contributed by atoms with van der Waals surface area (Å²) in [4.78, 5) is 4.02. The highest BCUT2D eigenvalue weighted by atomic mass is 79.9. The maximum atomic E-state index is 5.99. The van der Waals surface area contributed by atoms with Crippen LogP contribution in [0.4, 0.5) is 0 Å². The lowest BCUT2D eigenvalue weighted by Gasteiger charge is -1.97. The molecule has 5 heteroatoms. The molecule has 0 spiro atoms. The van der Waals surface area contributed by atoms with Gasteiger partial charge in [0.05, 0.1) is 5.02 Å². The molecule has 0 aromatic carbocycles. The van der Waals surface area contributed by atoms with Gasteiger partial charge in [0.15, 0.2) is 0 Å². The number of rotatable bonds is 2. The number of aryl methyl sites for hydroxylation is 1. The molecule has 0 aliphatic rings. The van der Waals surface area contributed by atoms with Crippen LogP contribution in [-0.2, 0) is 0 Å². The fourth-order valence-corrected chi connectivity index (χ4v) is 1.71. The number of nitrogens with zero attached hydrogens (tertiary/aromatic N) is 2. The molecular weight excluding hydrogens is 291 g/mol. The second-order valence-electron chi connectivity index (χ2n) is 3.22. The second kappa shape index (κ2) is 4.80. The summed E-state index contributed by atoms with van der Waals surface area (Å²) in [5.74, 6) is 0.779. The summed E-state index contributed by atoms with van der Waals surface area (Å²) < 4.78 is 5.69. The molecule has 0 aliphatic heterocycles. The van der Waals surface area contributed by atoms with E-state index in [2.05, 4.69) is 26.1 Å². The molecular formula is C11H8BrClN2O. The third-order valence-electron chi connectivity index (χ3n) is 1.93. The predicted molar refractivity (Wildman–Crippen MR) is 67.1 cm³/mol. The molecule has 0 fully saturated rings. The van der Waals surface area contributed by atoms with E-state index in [-0.39, 0.29) is 0 Å². The normalized spacial score (nSPS) is 11.2. The van der Waals surface area contributed by atoms with Crippen molar-refractivity contribution >= 4 is 39.7 Å². The van der Waals surface area contributed by atoms with Gasteiger partial charge in [0, 0.05) is 12.3 Å². The van der Waals surface area contributed by atoms with Gasteiger partial charge in [-0.1, -0.05) is 22.8 Å². The van der Waals surface area contributed by atoms with Gasteiger partial charge in [-0.15, -0.1) is 0 Å². The number of pyridine rings is 1. The molecule has 0 N–H and O–H groups in total. The molecule has 0 unspecified atom stereocenters. The third kappa shape index (κ3) is 2.71. The highest BCUT2D eigenvalue weighted by Crippen LogP contribution is 2.20. The van der Waals surface area contributed by atoms with Crippen LogP contribution in [0.25, 0.3) is 12.2 Å². The third-order valence-corrected chi connectivity index (χ3v) is 2.68. The van der Waals surface area contributed by atoms with Crippen LogP contribution in [0.15, 0.2) is 27.5 Å². The maximum Gasteiger partial charge on any atom is 0.134 e. The van der Waals surface area contributed by atoms with Gasteiger partial charge >= 0.3 is 0 Å². The van der Waals surface area contributed by atoms with Gasteiger partial charge in [0.2, 0.25) is 0 Å². The van der Waals surface area contributed by atoms with Crippen molar-refractivity contribution in [2.75, 3.05) is 0 Å². The van der Waals surface area contributed by atoms with E-state index in [0.717, 1.165) is 21.6 Å². The quantitative estimate of drug-likeness (QED) is 0.788. The van der Waals surface area contributed by atoms with Crippen LogP contribution in [-0.4, -0.2) is 10.1 Å². The summed E-state index contributed by atoms with van der Waals surface area (Å²) in [6.45, 7) is 1.85. The minimum Gasteiger partial charge on any atom is -0.361 e. The van der Waals surface area contributed by atoms with Crippen molar-refractivity contribution < 1.29 is 4.52 Å². The van der Waals surface area contributed by atoms with Crippen molar-refractivity contribution in [3.63, 3.8) is 0 Å². The van der Waals surface area contributed by atoms with Crippen LogP contribution in [0, 0.1) is 6.92 Å². The first-order chi connectivity index (χ1) is 7.65. The zero-order chi connectivity index (χ0) is 11.5. The van der Waals surface area contributed by atoms with Crippen molar-refractivity contribution in [3.8, 4) is 0 Å². The van der Waals surface area contributed by atoms with E-state index < -0.39 is 0 Å². The van der Waals surface area contributed by atoms with E-state index in [9.17, 15) is 0 Å². The van der Waals surface area contributed by atoms with Crippen LogP contribution >= 0.6 is 27.5 Å². The Bertz CT molecular complexity index is 537. The summed E-state index contributed by atoms with van der Waals surface area (Å²) >= 11 is 9.28. The molecule has 2 aromatic heterocycles. The number of hydrogen-bond donors (Lipinski definition) is 0. The molecule has 16 heavy (non-hydrogen) atoms. The van der Waals surface area contributed by atoms with E-state index in [0.29, 0.717) is 5.02 Å². The zero-order valence-electron chi connectivity index (χ0n) is 8.45. The van der Waals surface area contributed by atoms with Crippen molar-refractivity contribution in [1.82, 2.24) is 10.1 Å². The average Bonchev–Trinajstić information content (AvgIpc) is 2.66. The van der Waals surface area contributed by atoms with Crippen molar-refractivity contribution in [3.05, 3.63) is 45.0 Å². The van der Waals surface area contributed by atoms with Crippen LogP contribution in [0.3, 0.4) is 0 Å². The van der Waals surface area contributed by atoms with E-state index in [1.165, 1.54) is 0 Å². The first kappa shape index (κ1) is 11.4. The Labute approximate surface area is 106 Å². The molecule has 2 rings (SSSR count). The monoisotopic (exact) mass is 298 g/mol. The Morgan fingerprint density at radius 3 is 2.88 bits per heavy atom. The van der Waals surface area contributed by atoms with Gasteiger partial charge in [0.1, 0.15) is 16.1 Å². The Morgan fingerprint density at radius 1 is 1.38 bits per heavy atom. The molecule has 0 saturated carbocycles. The van der Waals surface area contributed by atoms with Crippen LogP contribution < -0.4 is 0 Å². The first-order valence-electron chi connectivity index (χ1n) is 4.57. The van der Waals surface area contributed by atoms with Gasteiger partial charge in [-0.3, -0.25) is 0 Å². The zero-order valence-corrected chi connectivity index (χ0v) is 10.8. The van der Waals surface area contributed by atoms with Gasteiger partial charge in [0.25, 0.3) is 0 Å². The van der Waals surface area contributed by atoms with Gasteiger partial charge < -0.3 is 4.52 Å². The van der Waals surface area contributed by atoms with Crippen LogP contribution in [0.5, 0.6) is 0 Å². The molecule has 0 aliphatic carbocycles.